The highest BCUT2D eigenvalue weighted by atomic mass is 127. The van der Waals surface area contributed by atoms with Crippen molar-refractivity contribution in [3.63, 3.8) is 0 Å². The third-order valence-corrected chi connectivity index (χ3v) is 5.49. The standard InChI is InChI=1S/C18H34N6S.HI/c1-5-23-8-10-24(11-9-23)13-15(2)12-21-18(19-4)20-7-6-17-14-25-16(3)22-17;/h14-15H,5-13H2,1-4H3,(H2,19,20,21);1H. The summed E-state index contributed by atoms with van der Waals surface area (Å²) in [6, 6.07) is 0. The summed E-state index contributed by atoms with van der Waals surface area (Å²) in [5.74, 6) is 1.49. The minimum Gasteiger partial charge on any atom is -0.356 e. The van der Waals surface area contributed by atoms with E-state index in [9.17, 15) is 0 Å². The van der Waals surface area contributed by atoms with Gasteiger partial charge in [0.05, 0.1) is 10.7 Å². The predicted octanol–water partition coefficient (Wildman–Crippen LogP) is 2.05. The van der Waals surface area contributed by atoms with E-state index >= 15 is 0 Å². The molecule has 1 aliphatic heterocycles. The Bertz CT molecular complexity index is 528. The average Bonchev–Trinajstić information content (AvgIpc) is 3.03. The Balaban J connectivity index is 0.00000338. The summed E-state index contributed by atoms with van der Waals surface area (Å²) in [6.07, 6.45) is 0.933. The summed E-state index contributed by atoms with van der Waals surface area (Å²) < 4.78 is 0. The SMILES string of the molecule is CCN1CCN(CC(C)CNC(=NC)NCCc2csc(C)n2)CC1.I. The van der Waals surface area contributed by atoms with Gasteiger partial charge < -0.3 is 20.4 Å². The van der Waals surface area contributed by atoms with Gasteiger partial charge in [-0.25, -0.2) is 4.98 Å². The van der Waals surface area contributed by atoms with Crippen molar-refractivity contribution in [3.05, 3.63) is 16.1 Å². The first-order valence-corrected chi connectivity index (χ1v) is 10.3. The molecule has 6 nitrogen and oxygen atoms in total. The number of rotatable bonds is 8. The number of guanidine groups is 1. The van der Waals surface area contributed by atoms with Crippen molar-refractivity contribution in [2.45, 2.75) is 27.2 Å². The number of hydrogen-bond acceptors (Lipinski definition) is 5. The van der Waals surface area contributed by atoms with Crippen LogP contribution in [0.15, 0.2) is 10.4 Å². The van der Waals surface area contributed by atoms with Crippen molar-refractivity contribution in [1.82, 2.24) is 25.4 Å². The molecule has 0 aliphatic carbocycles. The van der Waals surface area contributed by atoms with Gasteiger partial charge in [-0.05, 0) is 19.4 Å². The first-order chi connectivity index (χ1) is 12.1. The number of piperazine rings is 1. The van der Waals surface area contributed by atoms with Crippen LogP contribution in [0, 0.1) is 12.8 Å². The highest BCUT2D eigenvalue weighted by Crippen LogP contribution is 2.08. The molecule has 150 valence electrons. The summed E-state index contributed by atoms with van der Waals surface area (Å²) in [6.45, 7) is 15.5. The molecule has 1 atom stereocenters. The lowest BCUT2D eigenvalue weighted by Gasteiger charge is -2.35. The maximum Gasteiger partial charge on any atom is 0.190 e. The van der Waals surface area contributed by atoms with Crippen molar-refractivity contribution in [1.29, 1.82) is 0 Å². The summed E-state index contributed by atoms with van der Waals surface area (Å²) in [7, 11) is 1.83. The van der Waals surface area contributed by atoms with Gasteiger partial charge in [-0.2, -0.15) is 0 Å². The topological polar surface area (TPSA) is 55.8 Å². The quantitative estimate of drug-likeness (QED) is 0.329. The van der Waals surface area contributed by atoms with Crippen LogP contribution >= 0.6 is 35.3 Å². The number of aryl methyl sites for hydroxylation is 1. The fraction of sp³-hybridized carbons (Fsp3) is 0.778. The maximum atomic E-state index is 4.49. The third kappa shape index (κ3) is 8.49. The summed E-state index contributed by atoms with van der Waals surface area (Å²) in [5, 5.41) is 10.1. The van der Waals surface area contributed by atoms with Gasteiger partial charge >= 0.3 is 0 Å². The van der Waals surface area contributed by atoms with Crippen LogP contribution in [0.25, 0.3) is 0 Å². The zero-order valence-corrected chi connectivity index (χ0v) is 19.8. The van der Waals surface area contributed by atoms with Gasteiger partial charge in [0.2, 0.25) is 0 Å². The number of hydrogen-bond donors (Lipinski definition) is 2. The van der Waals surface area contributed by atoms with Crippen molar-refractivity contribution in [3.8, 4) is 0 Å². The van der Waals surface area contributed by atoms with Crippen LogP contribution in [0.1, 0.15) is 24.5 Å². The Labute approximate surface area is 179 Å². The second-order valence-corrected chi connectivity index (χ2v) is 7.89. The van der Waals surface area contributed by atoms with Crippen LogP contribution in [0.2, 0.25) is 0 Å². The molecule has 8 heteroatoms. The predicted molar refractivity (Wildman–Crippen MR) is 123 cm³/mol. The van der Waals surface area contributed by atoms with Gasteiger partial charge in [0, 0.05) is 64.7 Å². The first kappa shape index (κ1) is 23.6. The number of thiazole rings is 1. The zero-order chi connectivity index (χ0) is 18.1. The molecule has 1 unspecified atom stereocenters. The van der Waals surface area contributed by atoms with Crippen LogP contribution in [0.5, 0.6) is 0 Å². The second kappa shape index (κ2) is 12.9. The number of aromatic nitrogens is 1. The summed E-state index contributed by atoms with van der Waals surface area (Å²) >= 11 is 1.71. The molecule has 1 aromatic rings. The minimum absolute atomic E-state index is 0. The molecule has 0 bridgehead atoms. The molecule has 0 amide bonds. The van der Waals surface area contributed by atoms with E-state index in [0.717, 1.165) is 42.7 Å². The molecular formula is C18H35IN6S. The van der Waals surface area contributed by atoms with Gasteiger partial charge in [0.15, 0.2) is 5.96 Å². The highest BCUT2D eigenvalue weighted by Gasteiger charge is 2.17. The van der Waals surface area contributed by atoms with Crippen LogP contribution in [-0.2, 0) is 6.42 Å². The Morgan fingerprint density at radius 2 is 1.96 bits per heavy atom. The Kier molecular flexibility index (Phi) is 11.7. The van der Waals surface area contributed by atoms with E-state index in [1.165, 1.54) is 32.7 Å². The van der Waals surface area contributed by atoms with Crippen molar-refractivity contribution >= 4 is 41.3 Å². The number of aliphatic imine (C=N–C) groups is 1. The molecule has 2 rings (SSSR count). The molecule has 2 N–H and O–H groups in total. The van der Waals surface area contributed by atoms with Crippen molar-refractivity contribution in [2.75, 3.05) is 59.4 Å². The minimum atomic E-state index is 0. The fourth-order valence-electron chi connectivity index (χ4n) is 3.12. The monoisotopic (exact) mass is 494 g/mol. The lowest BCUT2D eigenvalue weighted by Crippen LogP contribution is -2.48. The Morgan fingerprint density at radius 1 is 1.27 bits per heavy atom. The van der Waals surface area contributed by atoms with Crippen LogP contribution < -0.4 is 10.6 Å². The average molecular weight is 494 g/mol. The Hall–Kier alpha value is -0.450. The van der Waals surface area contributed by atoms with Gasteiger partial charge in [-0.3, -0.25) is 4.99 Å². The summed E-state index contributed by atoms with van der Waals surface area (Å²) in [5.41, 5.74) is 1.16. The normalized spacial score (nSPS) is 17.6. The van der Waals surface area contributed by atoms with Crippen LogP contribution in [-0.4, -0.2) is 80.1 Å². The molecule has 26 heavy (non-hydrogen) atoms. The van der Waals surface area contributed by atoms with E-state index in [4.69, 9.17) is 0 Å². The van der Waals surface area contributed by atoms with Gasteiger partial charge in [-0.15, -0.1) is 35.3 Å². The number of halogens is 1. The third-order valence-electron chi connectivity index (χ3n) is 4.66. The fourth-order valence-corrected chi connectivity index (χ4v) is 3.76. The van der Waals surface area contributed by atoms with Gasteiger partial charge in [0.25, 0.3) is 0 Å². The van der Waals surface area contributed by atoms with Crippen LogP contribution in [0.3, 0.4) is 0 Å². The smallest absolute Gasteiger partial charge is 0.190 e. The van der Waals surface area contributed by atoms with Crippen molar-refractivity contribution < 1.29 is 0 Å². The Morgan fingerprint density at radius 3 is 2.54 bits per heavy atom. The number of nitrogens with one attached hydrogen (secondary N) is 2. The van der Waals surface area contributed by atoms with Gasteiger partial charge in [-0.1, -0.05) is 13.8 Å². The zero-order valence-electron chi connectivity index (χ0n) is 16.6. The molecule has 1 aliphatic rings. The molecule has 0 aromatic carbocycles. The molecule has 1 saturated heterocycles. The van der Waals surface area contributed by atoms with Crippen molar-refractivity contribution in [2.24, 2.45) is 10.9 Å². The lowest BCUT2D eigenvalue weighted by molar-refractivity contribution is 0.124. The molecule has 1 aromatic heterocycles. The number of nitrogens with zero attached hydrogens (tertiary/aromatic N) is 4. The van der Waals surface area contributed by atoms with E-state index in [1.807, 2.05) is 14.0 Å². The molecular weight excluding hydrogens is 459 g/mol. The first-order valence-electron chi connectivity index (χ1n) is 9.41. The van der Waals surface area contributed by atoms with E-state index < -0.39 is 0 Å². The lowest BCUT2D eigenvalue weighted by atomic mass is 10.1. The molecule has 2 heterocycles. The second-order valence-electron chi connectivity index (χ2n) is 6.83. The van der Waals surface area contributed by atoms with Crippen LogP contribution in [0.4, 0.5) is 0 Å². The van der Waals surface area contributed by atoms with E-state index in [2.05, 4.69) is 49.6 Å². The molecule has 0 spiro atoms. The highest BCUT2D eigenvalue weighted by molar-refractivity contribution is 14.0. The van der Waals surface area contributed by atoms with Gasteiger partial charge in [0.1, 0.15) is 0 Å². The largest absolute Gasteiger partial charge is 0.356 e. The number of likely N-dealkylation sites (N-methyl/N-ethyl adjacent to an activating group) is 1. The summed E-state index contributed by atoms with van der Waals surface area (Å²) in [4.78, 5) is 13.9. The molecule has 0 radical (unpaired) electrons. The maximum absolute atomic E-state index is 4.49. The van der Waals surface area contributed by atoms with E-state index in [0.29, 0.717) is 5.92 Å². The molecule has 0 saturated carbocycles. The van der Waals surface area contributed by atoms with E-state index in [-0.39, 0.29) is 24.0 Å². The van der Waals surface area contributed by atoms with E-state index in [1.54, 1.807) is 11.3 Å². The molecule has 1 fully saturated rings.